The number of nitrogens with one attached hydrogen (secondary N) is 1. The van der Waals surface area contributed by atoms with Crippen molar-refractivity contribution in [1.29, 1.82) is 0 Å². The van der Waals surface area contributed by atoms with Crippen LogP contribution in [0.4, 0.5) is 4.39 Å². The van der Waals surface area contributed by atoms with Crippen LogP contribution in [0.1, 0.15) is 25.5 Å². The van der Waals surface area contributed by atoms with Crippen molar-refractivity contribution in [3.8, 4) is 0 Å². The summed E-state index contributed by atoms with van der Waals surface area (Å²) >= 11 is 0. The van der Waals surface area contributed by atoms with Gasteiger partial charge in [-0.15, -0.1) is 0 Å². The lowest BCUT2D eigenvalue weighted by molar-refractivity contribution is -0.121. The highest BCUT2D eigenvalue weighted by atomic mass is 19.1. The van der Waals surface area contributed by atoms with Crippen molar-refractivity contribution in [3.63, 3.8) is 0 Å². The molecular formula is C13H16FN3O. The highest BCUT2D eigenvalue weighted by Gasteiger charge is 2.03. The molecule has 2 aromatic rings. The zero-order valence-corrected chi connectivity index (χ0v) is 10.3. The number of carbonyl (C=O) groups excluding carboxylic acids is 1. The van der Waals surface area contributed by atoms with Gasteiger partial charge in [0.15, 0.2) is 0 Å². The van der Waals surface area contributed by atoms with Crippen LogP contribution in [-0.4, -0.2) is 21.8 Å². The molecule has 96 valence electrons. The van der Waals surface area contributed by atoms with E-state index in [1.165, 1.54) is 12.3 Å². The van der Waals surface area contributed by atoms with Crippen molar-refractivity contribution in [2.75, 3.05) is 6.54 Å². The zero-order valence-electron chi connectivity index (χ0n) is 10.3. The minimum absolute atomic E-state index is 0.0623. The summed E-state index contributed by atoms with van der Waals surface area (Å²) in [6.07, 6.45) is 5.22. The van der Waals surface area contributed by atoms with E-state index in [1.807, 2.05) is 6.92 Å². The third-order valence-electron chi connectivity index (χ3n) is 2.65. The molecule has 2 aromatic heterocycles. The molecular weight excluding hydrogens is 233 g/mol. The molecule has 2 rings (SSSR count). The van der Waals surface area contributed by atoms with E-state index in [0.717, 1.165) is 12.1 Å². The Morgan fingerprint density at radius 1 is 1.44 bits per heavy atom. The van der Waals surface area contributed by atoms with Gasteiger partial charge in [-0.05, 0) is 18.6 Å². The van der Waals surface area contributed by atoms with Crippen LogP contribution in [0.3, 0.4) is 0 Å². The lowest BCUT2D eigenvalue weighted by Gasteiger charge is -2.01. The molecule has 0 radical (unpaired) electrons. The molecule has 0 aliphatic heterocycles. The van der Waals surface area contributed by atoms with Gasteiger partial charge >= 0.3 is 0 Å². The van der Waals surface area contributed by atoms with Gasteiger partial charge in [-0.2, -0.15) is 0 Å². The Balaban J connectivity index is 1.94. The maximum Gasteiger partial charge on any atom is 0.219 e. The van der Waals surface area contributed by atoms with Crippen molar-refractivity contribution in [2.45, 2.75) is 26.2 Å². The van der Waals surface area contributed by atoms with Gasteiger partial charge in [0.2, 0.25) is 5.91 Å². The third-order valence-corrected chi connectivity index (χ3v) is 2.65. The van der Waals surface area contributed by atoms with Gasteiger partial charge in [0, 0.05) is 31.8 Å². The number of nitrogens with zero attached hydrogens (tertiary/aromatic N) is 2. The summed E-state index contributed by atoms with van der Waals surface area (Å²) in [5.74, 6) is -0.227. The number of fused-ring (bicyclic) bond motifs is 1. The lowest BCUT2D eigenvalue weighted by Crippen LogP contribution is -2.25. The smallest absolute Gasteiger partial charge is 0.219 e. The average molecular weight is 249 g/mol. The summed E-state index contributed by atoms with van der Waals surface area (Å²) in [6, 6.07) is 3.02. The molecule has 0 unspecified atom stereocenters. The summed E-state index contributed by atoms with van der Waals surface area (Å²) in [5, 5.41) is 2.83. The average Bonchev–Trinajstić information content (AvgIpc) is 2.71. The highest BCUT2D eigenvalue weighted by molar-refractivity contribution is 5.75. The van der Waals surface area contributed by atoms with Crippen LogP contribution < -0.4 is 5.32 Å². The number of rotatable bonds is 5. The van der Waals surface area contributed by atoms with Crippen molar-refractivity contribution < 1.29 is 9.18 Å². The van der Waals surface area contributed by atoms with Gasteiger partial charge in [-0.3, -0.25) is 4.79 Å². The molecule has 2 heterocycles. The van der Waals surface area contributed by atoms with E-state index < -0.39 is 0 Å². The molecule has 0 aliphatic carbocycles. The molecule has 1 amide bonds. The van der Waals surface area contributed by atoms with Crippen LogP contribution in [0.25, 0.3) is 5.65 Å². The Hall–Kier alpha value is -1.91. The fourth-order valence-electron chi connectivity index (χ4n) is 1.78. The molecule has 0 spiro atoms. The van der Waals surface area contributed by atoms with Crippen molar-refractivity contribution >= 4 is 11.6 Å². The van der Waals surface area contributed by atoms with Gasteiger partial charge in [0.1, 0.15) is 11.5 Å². The molecule has 1 N–H and O–H groups in total. The van der Waals surface area contributed by atoms with Crippen LogP contribution in [0.15, 0.2) is 24.5 Å². The summed E-state index contributed by atoms with van der Waals surface area (Å²) in [5.41, 5.74) is 1.56. The van der Waals surface area contributed by atoms with Crippen LogP contribution in [0, 0.1) is 5.82 Å². The Bertz CT molecular complexity index is 550. The van der Waals surface area contributed by atoms with E-state index in [-0.39, 0.29) is 11.7 Å². The normalized spacial score (nSPS) is 10.8. The van der Waals surface area contributed by atoms with E-state index in [1.54, 1.807) is 16.7 Å². The second-order valence-electron chi connectivity index (χ2n) is 4.19. The molecule has 0 saturated carbocycles. The summed E-state index contributed by atoms with van der Waals surface area (Å²) in [7, 11) is 0. The first-order valence-corrected chi connectivity index (χ1v) is 6.09. The minimum atomic E-state index is -0.289. The first kappa shape index (κ1) is 12.5. The fourth-order valence-corrected chi connectivity index (χ4v) is 1.78. The lowest BCUT2D eigenvalue weighted by atomic mass is 10.3. The molecule has 4 nitrogen and oxygen atoms in total. The van der Waals surface area contributed by atoms with Crippen molar-refractivity contribution in [3.05, 3.63) is 36.0 Å². The second-order valence-corrected chi connectivity index (χ2v) is 4.19. The van der Waals surface area contributed by atoms with Gasteiger partial charge in [-0.25, -0.2) is 9.37 Å². The van der Waals surface area contributed by atoms with Crippen LogP contribution in [-0.2, 0) is 11.2 Å². The summed E-state index contributed by atoms with van der Waals surface area (Å²) < 4.78 is 14.6. The number of hydrogen-bond donors (Lipinski definition) is 1. The molecule has 0 aliphatic rings. The monoisotopic (exact) mass is 249 g/mol. The number of aromatic nitrogens is 2. The number of amides is 1. The van der Waals surface area contributed by atoms with Gasteiger partial charge in [0.05, 0.1) is 5.69 Å². The van der Waals surface area contributed by atoms with Crippen molar-refractivity contribution in [1.82, 2.24) is 14.7 Å². The molecule has 0 aromatic carbocycles. The predicted molar refractivity (Wildman–Crippen MR) is 66.8 cm³/mol. The molecule has 0 saturated heterocycles. The first-order valence-electron chi connectivity index (χ1n) is 6.09. The summed E-state index contributed by atoms with van der Waals surface area (Å²) in [6.45, 7) is 2.53. The molecule has 0 atom stereocenters. The second kappa shape index (κ2) is 5.62. The van der Waals surface area contributed by atoms with E-state index in [4.69, 9.17) is 0 Å². The topological polar surface area (TPSA) is 46.4 Å². The van der Waals surface area contributed by atoms with Crippen LogP contribution in [0.2, 0.25) is 0 Å². The van der Waals surface area contributed by atoms with Crippen LogP contribution in [0.5, 0.6) is 0 Å². The van der Waals surface area contributed by atoms with E-state index in [2.05, 4.69) is 10.3 Å². The molecule has 5 heteroatoms. The molecule has 0 fully saturated rings. The number of halogens is 1. The quantitative estimate of drug-likeness (QED) is 0.880. The zero-order chi connectivity index (χ0) is 13.0. The van der Waals surface area contributed by atoms with Crippen LogP contribution >= 0.6 is 0 Å². The SMILES string of the molecule is CCCC(=O)NCCc1cn2cc(F)ccc2n1. The number of imidazole rings is 1. The molecule has 18 heavy (non-hydrogen) atoms. The van der Waals surface area contributed by atoms with E-state index in [0.29, 0.717) is 25.0 Å². The maximum absolute atomic E-state index is 13.0. The Morgan fingerprint density at radius 2 is 2.28 bits per heavy atom. The van der Waals surface area contributed by atoms with Crippen molar-refractivity contribution in [2.24, 2.45) is 0 Å². The summed E-state index contributed by atoms with van der Waals surface area (Å²) in [4.78, 5) is 15.6. The van der Waals surface area contributed by atoms with Gasteiger partial charge in [-0.1, -0.05) is 6.92 Å². The standard InChI is InChI=1S/C13H16FN3O/c1-2-3-13(18)15-7-6-11-9-17-8-10(14)4-5-12(17)16-11/h4-5,8-9H,2-3,6-7H2,1H3,(H,15,18). The Kier molecular flexibility index (Phi) is 3.92. The predicted octanol–water partition coefficient (Wildman–Crippen LogP) is 1.93. The number of pyridine rings is 1. The van der Waals surface area contributed by atoms with Gasteiger partial charge < -0.3 is 9.72 Å². The fraction of sp³-hybridized carbons (Fsp3) is 0.385. The maximum atomic E-state index is 13.0. The number of carbonyl (C=O) groups is 1. The van der Waals surface area contributed by atoms with E-state index >= 15 is 0 Å². The minimum Gasteiger partial charge on any atom is -0.356 e. The third kappa shape index (κ3) is 3.06. The van der Waals surface area contributed by atoms with E-state index in [9.17, 15) is 9.18 Å². The largest absolute Gasteiger partial charge is 0.356 e. The first-order chi connectivity index (χ1) is 8.69. The number of hydrogen-bond acceptors (Lipinski definition) is 2. The Morgan fingerprint density at radius 3 is 3.06 bits per heavy atom. The Labute approximate surface area is 105 Å². The molecule has 0 bridgehead atoms. The highest BCUT2D eigenvalue weighted by Crippen LogP contribution is 2.07. The van der Waals surface area contributed by atoms with Gasteiger partial charge in [0.25, 0.3) is 0 Å².